The number of rotatable bonds is 2. The molecular formula is C9H14Cl2N2. The number of hydrogen-bond acceptors (Lipinski definition) is 2. The standard InChI is InChI=1S/C9H13ClN2.ClH/c1-6-4-7(9(12)5-11)2-3-8(6)10;/h2-4,9H,5,11-12H2,1H3;1H/t9-;/m1./s1. The van der Waals surface area contributed by atoms with Gasteiger partial charge >= 0.3 is 0 Å². The van der Waals surface area contributed by atoms with Crippen molar-refractivity contribution in [3.05, 3.63) is 34.3 Å². The topological polar surface area (TPSA) is 52.0 Å². The largest absolute Gasteiger partial charge is 0.329 e. The van der Waals surface area contributed by atoms with E-state index in [1.54, 1.807) is 0 Å². The van der Waals surface area contributed by atoms with Crippen molar-refractivity contribution in [2.24, 2.45) is 11.5 Å². The summed E-state index contributed by atoms with van der Waals surface area (Å²) >= 11 is 5.86. The van der Waals surface area contributed by atoms with Crippen LogP contribution in [0.5, 0.6) is 0 Å². The first-order chi connectivity index (χ1) is 5.65. The molecule has 1 aromatic rings. The van der Waals surface area contributed by atoms with E-state index in [4.69, 9.17) is 23.1 Å². The molecule has 2 nitrogen and oxygen atoms in total. The average Bonchev–Trinajstić information content (AvgIpc) is 2.08. The predicted octanol–water partition coefficient (Wildman–Crippen LogP) is 2.03. The molecule has 0 heterocycles. The fraction of sp³-hybridized carbons (Fsp3) is 0.333. The Balaban J connectivity index is 0.00000144. The third kappa shape index (κ3) is 3.16. The van der Waals surface area contributed by atoms with E-state index in [2.05, 4.69) is 0 Å². The molecule has 4 heteroatoms. The molecule has 0 spiro atoms. The summed E-state index contributed by atoms with van der Waals surface area (Å²) in [4.78, 5) is 0. The van der Waals surface area contributed by atoms with E-state index in [-0.39, 0.29) is 18.4 Å². The van der Waals surface area contributed by atoms with Crippen LogP contribution >= 0.6 is 24.0 Å². The van der Waals surface area contributed by atoms with Crippen molar-refractivity contribution in [3.63, 3.8) is 0 Å². The lowest BCUT2D eigenvalue weighted by atomic mass is 10.1. The highest BCUT2D eigenvalue weighted by atomic mass is 35.5. The number of aryl methyl sites for hydroxylation is 1. The summed E-state index contributed by atoms with van der Waals surface area (Å²) in [6, 6.07) is 5.65. The molecule has 74 valence electrons. The van der Waals surface area contributed by atoms with E-state index in [1.807, 2.05) is 25.1 Å². The van der Waals surface area contributed by atoms with Gasteiger partial charge in [-0.25, -0.2) is 0 Å². The van der Waals surface area contributed by atoms with Crippen LogP contribution in [0.1, 0.15) is 17.2 Å². The highest BCUT2D eigenvalue weighted by Gasteiger charge is 2.04. The van der Waals surface area contributed by atoms with Crippen LogP contribution < -0.4 is 11.5 Å². The zero-order valence-corrected chi connectivity index (χ0v) is 9.03. The Morgan fingerprint density at radius 2 is 2.08 bits per heavy atom. The maximum Gasteiger partial charge on any atom is 0.0435 e. The Kier molecular flexibility index (Phi) is 5.33. The highest BCUT2D eigenvalue weighted by molar-refractivity contribution is 6.31. The molecule has 0 saturated carbocycles. The SMILES string of the molecule is Cc1cc([C@H](N)CN)ccc1Cl.Cl. The van der Waals surface area contributed by atoms with E-state index >= 15 is 0 Å². The average molecular weight is 221 g/mol. The second-order valence-corrected chi connectivity index (χ2v) is 3.26. The third-order valence-corrected chi connectivity index (χ3v) is 2.29. The number of halogens is 2. The van der Waals surface area contributed by atoms with Crippen molar-refractivity contribution in [1.82, 2.24) is 0 Å². The summed E-state index contributed by atoms with van der Waals surface area (Å²) < 4.78 is 0. The zero-order valence-electron chi connectivity index (χ0n) is 7.46. The molecule has 0 radical (unpaired) electrons. The van der Waals surface area contributed by atoms with Gasteiger partial charge in [-0.2, -0.15) is 0 Å². The smallest absolute Gasteiger partial charge is 0.0435 e. The summed E-state index contributed by atoms with van der Waals surface area (Å²) in [5, 5.41) is 0.767. The quantitative estimate of drug-likeness (QED) is 0.802. The minimum atomic E-state index is -0.0824. The summed E-state index contributed by atoms with van der Waals surface area (Å²) in [6.45, 7) is 2.41. The van der Waals surface area contributed by atoms with Crippen molar-refractivity contribution in [1.29, 1.82) is 0 Å². The molecule has 0 aliphatic rings. The Morgan fingerprint density at radius 1 is 1.46 bits per heavy atom. The number of hydrogen-bond donors (Lipinski definition) is 2. The normalized spacial score (nSPS) is 12.0. The van der Waals surface area contributed by atoms with Crippen LogP contribution in [0.4, 0.5) is 0 Å². The molecule has 13 heavy (non-hydrogen) atoms. The second-order valence-electron chi connectivity index (χ2n) is 2.85. The molecular weight excluding hydrogens is 207 g/mol. The molecule has 0 unspecified atom stereocenters. The Bertz CT molecular complexity index is 276. The van der Waals surface area contributed by atoms with Crippen LogP contribution in [-0.2, 0) is 0 Å². The zero-order chi connectivity index (χ0) is 9.14. The lowest BCUT2D eigenvalue weighted by Gasteiger charge is -2.09. The molecule has 1 atom stereocenters. The summed E-state index contributed by atoms with van der Waals surface area (Å²) in [5.74, 6) is 0. The first-order valence-electron chi connectivity index (χ1n) is 3.87. The van der Waals surface area contributed by atoms with Gasteiger partial charge in [0.05, 0.1) is 0 Å². The van der Waals surface area contributed by atoms with E-state index in [1.165, 1.54) is 0 Å². The third-order valence-electron chi connectivity index (χ3n) is 1.86. The van der Waals surface area contributed by atoms with Crippen LogP contribution in [0.15, 0.2) is 18.2 Å². The second kappa shape index (κ2) is 5.45. The molecule has 0 aliphatic heterocycles. The summed E-state index contributed by atoms with van der Waals surface area (Å²) in [6.07, 6.45) is 0. The maximum absolute atomic E-state index is 5.86. The summed E-state index contributed by atoms with van der Waals surface area (Å²) in [5.41, 5.74) is 13.3. The minimum absolute atomic E-state index is 0. The van der Waals surface area contributed by atoms with Crippen LogP contribution in [0, 0.1) is 6.92 Å². The van der Waals surface area contributed by atoms with Crippen LogP contribution in [0.25, 0.3) is 0 Å². The monoisotopic (exact) mass is 220 g/mol. The van der Waals surface area contributed by atoms with Crippen molar-refractivity contribution in [2.45, 2.75) is 13.0 Å². The molecule has 0 saturated heterocycles. The molecule has 1 aromatic carbocycles. The highest BCUT2D eigenvalue weighted by Crippen LogP contribution is 2.18. The lowest BCUT2D eigenvalue weighted by Crippen LogP contribution is -2.20. The molecule has 0 fully saturated rings. The van der Waals surface area contributed by atoms with E-state index in [0.29, 0.717) is 6.54 Å². The van der Waals surface area contributed by atoms with Gasteiger partial charge in [0.25, 0.3) is 0 Å². The molecule has 0 aromatic heterocycles. The van der Waals surface area contributed by atoms with Gasteiger partial charge in [-0.1, -0.05) is 23.7 Å². The van der Waals surface area contributed by atoms with Gasteiger partial charge in [0.15, 0.2) is 0 Å². The maximum atomic E-state index is 5.86. The lowest BCUT2D eigenvalue weighted by molar-refractivity contribution is 0.736. The minimum Gasteiger partial charge on any atom is -0.329 e. The van der Waals surface area contributed by atoms with Gasteiger partial charge in [-0.3, -0.25) is 0 Å². The van der Waals surface area contributed by atoms with E-state index < -0.39 is 0 Å². The first kappa shape index (κ1) is 12.7. The molecule has 0 aliphatic carbocycles. The molecule has 0 amide bonds. The van der Waals surface area contributed by atoms with Crippen molar-refractivity contribution in [2.75, 3.05) is 6.54 Å². The van der Waals surface area contributed by atoms with Crippen LogP contribution in [-0.4, -0.2) is 6.54 Å². The van der Waals surface area contributed by atoms with Gasteiger partial charge in [-0.15, -0.1) is 12.4 Å². The van der Waals surface area contributed by atoms with E-state index in [9.17, 15) is 0 Å². The van der Waals surface area contributed by atoms with Gasteiger partial charge in [0.2, 0.25) is 0 Å². The molecule has 4 N–H and O–H groups in total. The van der Waals surface area contributed by atoms with Gasteiger partial charge in [0, 0.05) is 17.6 Å². The summed E-state index contributed by atoms with van der Waals surface area (Å²) in [7, 11) is 0. The van der Waals surface area contributed by atoms with Crippen molar-refractivity contribution < 1.29 is 0 Å². The van der Waals surface area contributed by atoms with Gasteiger partial charge < -0.3 is 11.5 Å². The number of nitrogens with two attached hydrogens (primary N) is 2. The van der Waals surface area contributed by atoms with Crippen molar-refractivity contribution >= 4 is 24.0 Å². The van der Waals surface area contributed by atoms with E-state index in [0.717, 1.165) is 16.1 Å². The van der Waals surface area contributed by atoms with Crippen LogP contribution in [0.3, 0.4) is 0 Å². The van der Waals surface area contributed by atoms with Crippen LogP contribution in [0.2, 0.25) is 5.02 Å². The fourth-order valence-electron chi connectivity index (χ4n) is 1.03. The van der Waals surface area contributed by atoms with Gasteiger partial charge in [0.1, 0.15) is 0 Å². The number of benzene rings is 1. The molecule has 0 bridgehead atoms. The van der Waals surface area contributed by atoms with Crippen molar-refractivity contribution in [3.8, 4) is 0 Å². The first-order valence-corrected chi connectivity index (χ1v) is 4.24. The Hall–Kier alpha value is -0.280. The molecule has 1 rings (SSSR count). The Morgan fingerprint density at radius 3 is 2.54 bits per heavy atom. The Labute approximate surface area is 89.7 Å². The predicted molar refractivity (Wildman–Crippen MR) is 59.4 cm³/mol. The fourth-order valence-corrected chi connectivity index (χ4v) is 1.15. The van der Waals surface area contributed by atoms with Gasteiger partial charge in [-0.05, 0) is 24.1 Å².